The molecule has 2 aromatic carbocycles. The van der Waals surface area contributed by atoms with Crippen molar-refractivity contribution in [1.29, 1.82) is 0 Å². The van der Waals surface area contributed by atoms with Gasteiger partial charge >= 0.3 is 0 Å². The van der Waals surface area contributed by atoms with Gasteiger partial charge in [-0.2, -0.15) is 5.10 Å². The van der Waals surface area contributed by atoms with E-state index in [1.165, 1.54) is 0 Å². The molecule has 1 saturated heterocycles. The topological polar surface area (TPSA) is 69.0 Å². The van der Waals surface area contributed by atoms with Gasteiger partial charge in [-0.3, -0.25) is 4.90 Å². The molecular formula is C29H39N3O4. The van der Waals surface area contributed by atoms with E-state index in [1.807, 2.05) is 62.0 Å². The minimum Gasteiger partial charge on any atom is -0.439 e. The Kier molecular flexibility index (Phi) is 9.15. The van der Waals surface area contributed by atoms with E-state index in [0.717, 1.165) is 54.1 Å². The van der Waals surface area contributed by atoms with Crippen molar-refractivity contribution in [1.82, 2.24) is 14.7 Å². The lowest BCUT2D eigenvalue weighted by Crippen LogP contribution is -2.39. The lowest BCUT2D eigenvalue weighted by Gasteiger charge is -2.28. The van der Waals surface area contributed by atoms with E-state index in [9.17, 15) is 5.11 Å². The molecule has 2 atom stereocenters. The van der Waals surface area contributed by atoms with Gasteiger partial charge in [0.1, 0.15) is 11.4 Å². The number of nitrogens with zero attached hydrogens (tertiary/aromatic N) is 3. The molecule has 0 bridgehead atoms. The van der Waals surface area contributed by atoms with E-state index >= 15 is 0 Å². The zero-order valence-electron chi connectivity index (χ0n) is 21.9. The summed E-state index contributed by atoms with van der Waals surface area (Å²) in [6.07, 6.45) is 1.72. The summed E-state index contributed by atoms with van der Waals surface area (Å²) in [5.41, 5.74) is 4.03. The number of aliphatic hydroxyl groups is 1. The van der Waals surface area contributed by atoms with E-state index in [2.05, 4.69) is 30.0 Å². The van der Waals surface area contributed by atoms with Crippen molar-refractivity contribution >= 4 is 0 Å². The molecule has 0 radical (unpaired) electrons. The van der Waals surface area contributed by atoms with Gasteiger partial charge in [0, 0.05) is 38.9 Å². The maximum Gasteiger partial charge on any atom is 0.222 e. The Labute approximate surface area is 214 Å². The maximum atomic E-state index is 10.8. The molecule has 1 aliphatic heterocycles. The van der Waals surface area contributed by atoms with Crippen LogP contribution < -0.4 is 4.74 Å². The summed E-state index contributed by atoms with van der Waals surface area (Å²) in [7, 11) is 1.91. The minimum atomic E-state index is -0.605. The molecule has 2 heterocycles. The Bertz CT molecular complexity index is 1090. The van der Waals surface area contributed by atoms with Crippen molar-refractivity contribution in [2.75, 3.05) is 26.3 Å². The summed E-state index contributed by atoms with van der Waals surface area (Å²) in [5, 5.41) is 15.7. The normalized spacial score (nSPS) is 16.7. The second-order valence-electron chi connectivity index (χ2n) is 9.91. The van der Waals surface area contributed by atoms with Crippen LogP contribution in [-0.4, -0.2) is 64.4 Å². The van der Waals surface area contributed by atoms with Crippen LogP contribution in [0.2, 0.25) is 0 Å². The smallest absolute Gasteiger partial charge is 0.222 e. The number of benzene rings is 2. The number of hydrogen-bond acceptors (Lipinski definition) is 6. The average molecular weight is 494 g/mol. The first kappa shape index (κ1) is 26.4. The van der Waals surface area contributed by atoms with E-state index in [-0.39, 0.29) is 12.2 Å². The number of aliphatic hydroxyl groups excluding tert-OH is 1. The molecule has 7 heteroatoms. The van der Waals surface area contributed by atoms with Gasteiger partial charge in [0.25, 0.3) is 0 Å². The summed E-state index contributed by atoms with van der Waals surface area (Å²) in [6, 6.07) is 18.2. The van der Waals surface area contributed by atoms with Crippen LogP contribution in [0.3, 0.4) is 0 Å². The van der Waals surface area contributed by atoms with E-state index in [4.69, 9.17) is 19.3 Å². The molecule has 1 fully saturated rings. The third kappa shape index (κ3) is 7.17. The molecule has 36 heavy (non-hydrogen) atoms. The first-order chi connectivity index (χ1) is 17.4. The minimum absolute atomic E-state index is 0.0728. The van der Waals surface area contributed by atoms with Gasteiger partial charge in [-0.1, -0.05) is 42.5 Å². The average Bonchev–Trinajstić information content (AvgIpc) is 3.47. The summed E-state index contributed by atoms with van der Waals surface area (Å²) in [4.78, 5) is 2.25. The van der Waals surface area contributed by atoms with Gasteiger partial charge in [0.2, 0.25) is 5.88 Å². The van der Waals surface area contributed by atoms with Gasteiger partial charge in [0.05, 0.1) is 30.5 Å². The van der Waals surface area contributed by atoms with Crippen molar-refractivity contribution in [3.05, 3.63) is 65.7 Å². The largest absolute Gasteiger partial charge is 0.439 e. The molecule has 194 valence electrons. The lowest BCUT2D eigenvalue weighted by atomic mass is 10.1. The predicted molar refractivity (Wildman–Crippen MR) is 141 cm³/mol. The van der Waals surface area contributed by atoms with Crippen LogP contribution in [0.25, 0.3) is 11.3 Å². The molecule has 0 aliphatic carbocycles. The third-order valence-electron chi connectivity index (χ3n) is 6.30. The highest BCUT2D eigenvalue weighted by molar-refractivity contribution is 5.65. The van der Waals surface area contributed by atoms with Crippen LogP contribution in [0.1, 0.15) is 37.8 Å². The molecule has 0 saturated carbocycles. The van der Waals surface area contributed by atoms with Crippen molar-refractivity contribution in [2.24, 2.45) is 7.05 Å². The lowest BCUT2D eigenvalue weighted by molar-refractivity contribution is -0.0172. The first-order valence-corrected chi connectivity index (χ1v) is 12.9. The van der Waals surface area contributed by atoms with Gasteiger partial charge in [0.15, 0.2) is 0 Å². The highest BCUT2D eigenvalue weighted by Gasteiger charge is 2.26. The first-order valence-electron chi connectivity index (χ1n) is 12.9. The highest BCUT2D eigenvalue weighted by Crippen LogP contribution is 2.34. The Morgan fingerprint density at radius 3 is 2.67 bits per heavy atom. The maximum absolute atomic E-state index is 10.8. The fraction of sp³-hybridized carbons (Fsp3) is 0.483. The Hall–Kier alpha value is -2.71. The zero-order valence-corrected chi connectivity index (χ0v) is 21.9. The Morgan fingerprint density at radius 2 is 1.97 bits per heavy atom. The van der Waals surface area contributed by atoms with E-state index in [0.29, 0.717) is 25.6 Å². The molecule has 7 nitrogen and oxygen atoms in total. The van der Waals surface area contributed by atoms with Gasteiger partial charge in [-0.25, -0.2) is 4.68 Å². The van der Waals surface area contributed by atoms with Crippen molar-refractivity contribution in [2.45, 2.75) is 58.5 Å². The summed E-state index contributed by atoms with van der Waals surface area (Å²) in [5.74, 6) is 1.47. The second kappa shape index (κ2) is 12.5. The number of ether oxygens (including phenoxy) is 3. The van der Waals surface area contributed by atoms with Crippen molar-refractivity contribution < 1.29 is 19.3 Å². The van der Waals surface area contributed by atoms with Crippen LogP contribution in [0.4, 0.5) is 0 Å². The van der Waals surface area contributed by atoms with Gasteiger partial charge in [-0.15, -0.1) is 0 Å². The van der Waals surface area contributed by atoms with E-state index < -0.39 is 6.10 Å². The monoisotopic (exact) mass is 493 g/mol. The predicted octanol–water partition coefficient (Wildman–Crippen LogP) is 4.95. The molecule has 1 aromatic heterocycles. The van der Waals surface area contributed by atoms with Crippen molar-refractivity contribution in [3.63, 3.8) is 0 Å². The molecular weight excluding hydrogens is 454 g/mol. The molecule has 4 rings (SSSR count). The standard InChI is InChI=1S/C29H39N3O4/c1-21(2)35-20-24(33)17-32(18-26-14-9-15-34-26)19-27-28(23-11-6-5-7-12-23)30-31(4)29(27)36-25-13-8-10-22(3)16-25/h5-8,10-13,16,21,24,26,33H,9,14-15,17-20H2,1-4H3/t24-,26+/m1/s1. The second-order valence-corrected chi connectivity index (χ2v) is 9.91. The number of rotatable bonds is 12. The summed E-state index contributed by atoms with van der Waals surface area (Å²) >= 11 is 0. The van der Waals surface area contributed by atoms with E-state index in [1.54, 1.807) is 0 Å². The molecule has 0 amide bonds. The van der Waals surface area contributed by atoms with Crippen LogP contribution in [0, 0.1) is 6.92 Å². The quantitative estimate of drug-likeness (QED) is 0.385. The molecule has 0 spiro atoms. The van der Waals surface area contributed by atoms with Gasteiger partial charge < -0.3 is 19.3 Å². The van der Waals surface area contributed by atoms with Crippen LogP contribution in [0.15, 0.2) is 54.6 Å². The SMILES string of the molecule is Cc1cccc(Oc2c(CN(C[C@@H](O)COC(C)C)C[C@@H]3CCCO3)c(-c3ccccc3)nn2C)c1. The van der Waals surface area contributed by atoms with Crippen LogP contribution in [0.5, 0.6) is 11.6 Å². The highest BCUT2D eigenvalue weighted by atomic mass is 16.5. The Morgan fingerprint density at radius 1 is 1.17 bits per heavy atom. The number of aryl methyl sites for hydroxylation is 2. The molecule has 1 N–H and O–H groups in total. The fourth-order valence-corrected chi connectivity index (χ4v) is 4.60. The third-order valence-corrected chi connectivity index (χ3v) is 6.30. The number of aromatic nitrogens is 2. The Balaban J connectivity index is 1.66. The van der Waals surface area contributed by atoms with Gasteiger partial charge in [-0.05, 0) is 51.3 Å². The zero-order chi connectivity index (χ0) is 25.5. The summed E-state index contributed by atoms with van der Waals surface area (Å²) < 4.78 is 19.9. The molecule has 0 unspecified atom stereocenters. The fourth-order valence-electron chi connectivity index (χ4n) is 4.60. The van der Waals surface area contributed by atoms with Crippen molar-refractivity contribution in [3.8, 4) is 22.9 Å². The number of hydrogen-bond donors (Lipinski definition) is 1. The van der Waals surface area contributed by atoms with Crippen LogP contribution >= 0.6 is 0 Å². The molecule has 1 aliphatic rings. The molecule has 3 aromatic rings. The summed E-state index contributed by atoms with van der Waals surface area (Å²) in [6.45, 7) is 8.87. The van der Waals surface area contributed by atoms with Crippen LogP contribution in [-0.2, 0) is 23.1 Å².